The van der Waals surface area contributed by atoms with Crippen molar-refractivity contribution in [2.45, 2.75) is 19.4 Å². The molecule has 1 aliphatic rings. The minimum Gasteiger partial charge on any atom is -0.341 e. The fourth-order valence-corrected chi connectivity index (χ4v) is 2.29. The lowest BCUT2D eigenvalue weighted by atomic mass is 10.2. The third-order valence-corrected chi connectivity index (χ3v) is 3.67. The van der Waals surface area contributed by atoms with Gasteiger partial charge in [-0.25, -0.2) is 0 Å². The molecule has 3 amide bonds. The van der Waals surface area contributed by atoms with Crippen molar-refractivity contribution in [1.29, 1.82) is 0 Å². The molecular formula is C15H14Cl2N4O3. The van der Waals surface area contributed by atoms with Gasteiger partial charge in [0.15, 0.2) is 0 Å². The van der Waals surface area contributed by atoms with Crippen molar-refractivity contribution in [2.24, 2.45) is 5.10 Å². The van der Waals surface area contributed by atoms with Crippen LogP contribution in [0.2, 0.25) is 10.0 Å². The van der Waals surface area contributed by atoms with Gasteiger partial charge in [0.05, 0.1) is 17.1 Å². The van der Waals surface area contributed by atoms with Crippen molar-refractivity contribution < 1.29 is 14.4 Å². The number of anilines is 1. The van der Waals surface area contributed by atoms with Gasteiger partial charge in [-0.3, -0.25) is 14.4 Å². The van der Waals surface area contributed by atoms with Gasteiger partial charge >= 0.3 is 0 Å². The van der Waals surface area contributed by atoms with Crippen LogP contribution in [0.1, 0.15) is 13.3 Å². The van der Waals surface area contributed by atoms with E-state index in [1.165, 1.54) is 13.0 Å². The van der Waals surface area contributed by atoms with E-state index in [9.17, 15) is 14.4 Å². The molecule has 1 unspecified atom stereocenters. The Hall–Kier alpha value is -2.38. The summed E-state index contributed by atoms with van der Waals surface area (Å²) in [5.74, 6) is -1.19. The van der Waals surface area contributed by atoms with E-state index in [2.05, 4.69) is 22.3 Å². The smallest absolute Gasteiger partial charge is 0.255 e. The fourth-order valence-electron chi connectivity index (χ4n) is 1.92. The van der Waals surface area contributed by atoms with Gasteiger partial charge in [-0.2, -0.15) is 10.1 Å². The van der Waals surface area contributed by atoms with E-state index in [4.69, 9.17) is 23.2 Å². The van der Waals surface area contributed by atoms with E-state index in [0.717, 1.165) is 11.1 Å². The molecule has 24 heavy (non-hydrogen) atoms. The van der Waals surface area contributed by atoms with E-state index in [1.807, 2.05) is 0 Å². The number of amides is 3. The second-order valence-electron chi connectivity index (χ2n) is 4.95. The van der Waals surface area contributed by atoms with Crippen molar-refractivity contribution in [1.82, 2.24) is 10.6 Å². The highest BCUT2D eigenvalue weighted by Crippen LogP contribution is 2.31. The largest absolute Gasteiger partial charge is 0.341 e. The highest BCUT2D eigenvalue weighted by atomic mass is 35.5. The zero-order chi connectivity index (χ0) is 17.9. The van der Waals surface area contributed by atoms with Gasteiger partial charge in [0, 0.05) is 5.02 Å². The number of hydrogen-bond donors (Lipinski definition) is 2. The topological polar surface area (TPSA) is 90.9 Å². The number of amidine groups is 1. The first-order valence-corrected chi connectivity index (χ1v) is 7.66. The van der Waals surface area contributed by atoms with Gasteiger partial charge < -0.3 is 10.6 Å². The van der Waals surface area contributed by atoms with Crippen molar-refractivity contribution in [2.75, 3.05) is 5.01 Å². The number of nitrogens with zero attached hydrogens (tertiary/aromatic N) is 2. The minimum absolute atomic E-state index is 0.100. The van der Waals surface area contributed by atoms with Crippen molar-refractivity contribution in [3.05, 3.63) is 40.9 Å². The average molecular weight is 369 g/mol. The number of nitrogens with one attached hydrogen (secondary N) is 2. The number of halogens is 2. The maximum absolute atomic E-state index is 12.1. The van der Waals surface area contributed by atoms with Gasteiger partial charge in [-0.05, 0) is 31.2 Å². The molecule has 9 heteroatoms. The molecular weight excluding hydrogens is 355 g/mol. The van der Waals surface area contributed by atoms with Gasteiger partial charge in [-0.1, -0.05) is 29.8 Å². The van der Waals surface area contributed by atoms with Crippen molar-refractivity contribution >= 4 is 52.4 Å². The van der Waals surface area contributed by atoms with Gasteiger partial charge in [0.25, 0.3) is 5.91 Å². The van der Waals surface area contributed by atoms with E-state index >= 15 is 0 Å². The normalized spacial score (nSPS) is 14.9. The summed E-state index contributed by atoms with van der Waals surface area (Å²) < 4.78 is 0. The minimum atomic E-state index is -0.808. The number of hydrazone groups is 1. The number of benzene rings is 1. The zero-order valence-electron chi connectivity index (χ0n) is 12.7. The molecule has 7 nitrogen and oxygen atoms in total. The Morgan fingerprint density at radius 2 is 2.12 bits per heavy atom. The van der Waals surface area contributed by atoms with Gasteiger partial charge in [0.1, 0.15) is 11.9 Å². The fraction of sp³-hybridized carbons (Fsp3) is 0.200. The Bertz CT molecular complexity index is 748. The molecule has 0 saturated carbocycles. The monoisotopic (exact) mass is 368 g/mol. The lowest BCUT2D eigenvalue weighted by molar-refractivity contribution is -0.125. The first kappa shape index (κ1) is 18.0. The molecule has 1 aliphatic heterocycles. The molecule has 0 spiro atoms. The van der Waals surface area contributed by atoms with Crippen LogP contribution in [-0.4, -0.2) is 29.6 Å². The van der Waals surface area contributed by atoms with Crippen molar-refractivity contribution in [3.63, 3.8) is 0 Å². The molecule has 1 heterocycles. The van der Waals surface area contributed by atoms with Crippen LogP contribution >= 0.6 is 23.2 Å². The van der Waals surface area contributed by atoms with E-state index in [1.54, 1.807) is 12.1 Å². The lowest BCUT2D eigenvalue weighted by Crippen LogP contribution is -2.46. The Labute approximate surface area is 148 Å². The van der Waals surface area contributed by atoms with Crippen LogP contribution < -0.4 is 15.6 Å². The van der Waals surface area contributed by atoms with Crippen molar-refractivity contribution in [3.8, 4) is 0 Å². The van der Waals surface area contributed by atoms with E-state index < -0.39 is 17.9 Å². The molecule has 2 N–H and O–H groups in total. The number of carbonyl (C=O) groups excluding carboxylic acids is 3. The molecule has 2 rings (SSSR count). The zero-order valence-corrected chi connectivity index (χ0v) is 14.2. The summed E-state index contributed by atoms with van der Waals surface area (Å²) in [5.41, 5.74) is 0.325. The van der Waals surface area contributed by atoms with Gasteiger partial charge in [-0.15, -0.1) is 0 Å². The predicted octanol–water partition coefficient (Wildman–Crippen LogP) is 1.85. The SMILES string of the molecule is C=CC(=O)NC(C)C(=O)NC1=NN(c2cc(Cl)ccc2Cl)C(=O)C1. The summed E-state index contributed by atoms with van der Waals surface area (Å²) in [5, 5.41) is 10.7. The molecule has 1 atom stereocenters. The molecule has 1 aromatic rings. The average Bonchev–Trinajstić information content (AvgIpc) is 2.89. The molecule has 0 saturated heterocycles. The second kappa shape index (κ2) is 7.46. The van der Waals surface area contributed by atoms with Crippen LogP contribution in [0.25, 0.3) is 0 Å². The first-order chi connectivity index (χ1) is 11.3. The summed E-state index contributed by atoms with van der Waals surface area (Å²) >= 11 is 12.0. The summed E-state index contributed by atoms with van der Waals surface area (Å²) in [6.07, 6.45) is 0.958. The molecule has 0 aromatic heterocycles. The Kier molecular flexibility index (Phi) is 5.58. The van der Waals surface area contributed by atoms with Crippen LogP contribution in [0, 0.1) is 0 Å². The summed E-state index contributed by atoms with van der Waals surface area (Å²) in [6.45, 7) is 4.80. The number of carbonyl (C=O) groups is 3. The molecule has 0 bridgehead atoms. The quantitative estimate of drug-likeness (QED) is 0.794. The van der Waals surface area contributed by atoms with Crippen LogP contribution in [0.15, 0.2) is 36.0 Å². The van der Waals surface area contributed by atoms with Gasteiger partial charge in [0.2, 0.25) is 11.8 Å². The number of rotatable bonds is 4. The Morgan fingerprint density at radius 3 is 2.79 bits per heavy atom. The highest BCUT2D eigenvalue weighted by Gasteiger charge is 2.29. The Morgan fingerprint density at radius 1 is 1.42 bits per heavy atom. The molecule has 0 radical (unpaired) electrons. The maximum Gasteiger partial charge on any atom is 0.255 e. The lowest BCUT2D eigenvalue weighted by Gasteiger charge is -2.13. The number of hydrogen-bond acceptors (Lipinski definition) is 4. The highest BCUT2D eigenvalue weighted by molar-refractivity contribution is 6.36. The van der Waals surface area contributed by atoms with Crippen LogP contribution in [0.5, 0.6) is 0 Å². The van der Waals surface area contributed by atoms with Crippen LogP contribution in [0.3, 0.4) is 0 Å². The molecule has 0 aliphatic carbocycles. The Balaban J connectivity index is 2.11. The second-order valence-corrected chi connectivity index (χ2v) is 5.79. The van der Waals surface area contributed by atoms with Crippen LogP contribution in [-0.2, 0) is 14.4 Å². The standard InChI is InChI=1S/C15H14Cl2N4O3/c1-3-13(22)18-8(2)15(24)19-12-7-14(23)21(20-12)11-6-9(16)4-5-10(11)17/h3-6,8H,1,7H2,2H3,(H,18,22)(H,19,20,24). The first-order valence-electron chi connectivity index (χ1n) is 6.91. The maximum atomic E-state index is 12.1. The van der Waals surface area contributed by atoms with E-state index in [-0.39, 0.29) is 18.2 Å². The third-order valence-electron chi connectivity index (χ3n) is 3.12. The molecule has 1 aromatic carbocycles. The summed E-state index contributed by atoms with van der Waals surface area (Å²) in [6, 6.07) is 3.83. The van der Waals surface area contributed by atoms with E-state index in [0.29, 0.717) is 15.7 Å². The van der Waals surface area contributed by atoms with Crippen LogP contribution in [0.4, 0.5) is 5.69 Å². The molecule has 126 valence electrons. The summed E-state index contributed by atoms with van der Waals surface area (Å²) in [7, 11) is 0. The summed E-state index contributed by atoms with van der Waals surface area (Å²) in [4.78, 5) is 35.3. The predicted molar refractivity (Wildman–Crippen MR) is 91.9 cm³/mol. The third kappa shape index (κ3) is 4.12. The molecule has 0 fully saturated rings.